The number of anilines is 1. The molecule has 0 radical (unpaired) electrons. The Labute approximate surface area is 87.4 Å². The van der Waals surface area contributed by atoms with Crippen molar-refractivity contribution >= 4 is 23.1 Å². The van der Waals surface area contributed by atoms with Crippen LogP contribution in [0.4, 0.5) is 5.69 Å². The summed E-state index contributed by atoms with van der Waals surface area (Å²) < 4.78 is 0. The van der Waals surface area contributed by atoms with Gasteiger partial charge in [-0.3, -0.25) is 4.79 Å². The quantitative estimate of drug-likeness (QED) is 0.645. The lowest BCUT2D eigenvalue weighted by Crippen LogP contribution is -2.02. The first kappa shape index (κ1) is 8.24. The average molecular weight is 195 g/mol. The van der Waals surface area contributed by atoms with E-state index in [0.717, 1.165) is 28.0 Å². The lowest BCUT2D eigenvalue weighted by atomic mass is 9.95. The van der Waals surface area contributed by atoms with Gasteiger partial charge in [-0.2, -0.15) is 0 Å². The zero-order valence-corrected chi connectivity index (χ0v) is 8.03. The van der Waals surface area contributed by atoms with Gasteiger partial charge in [-0.15, -0.1) is 0 Å². The molecule has 2 aliphatic carbocycles. The van der Waals surface area contributed by atoms with Crippen LogP contribution < -0.4 is 5.73 Å². The number of nitrogen functional groups attached to an aromatic ring is 1. The van der Waals surface area contributed by atoms with E-state index >= 15 is 0 Å². The van der Waals surface area contributed by atoms with E-state index in [2.05, 4.69) is 0 Å². The van der Waals surface area contributed by atoms with Gasteiger partial charge < -0.3 is 5.73 Å². The second-order valence-electron chi connectivity index (χ2n) is 3.67. The lowest BCUT2D eigenvalue weighted by molar-refractivity contribution is -0.110. The Morgan fingerprint density at radius 2 is 2.00 bits per heavy atom. The molecule has 0 saturated heterocycles. The average Bonchev–Trinajstić information content (AvgIpc) is 2.59. The van der Waals surface area contributed by atoms with Crippen LogP contribution in [0.15, 0.2) is 42.0 Å². The molecule has 2 heteroatoms. The summed E-state index contributed by atoms with van der Waals surface area (Å²) in [7, 11) is 0. The molecule has 3 rings (SSSR count). The third-order valence-electron chi connectivity index (χ3n) is 2.76. The van der Waals surface area contributed by atoms with Crippen molar-refractivity contribution < 1.29 is 4.79 Å². The number of hydrogen-bond donors (Lipinski definition) is 1. The molecule has 0 spiro atoms. The van der Waals surface area contributed by atoms with E-state index in [0.29, 0.717) is 0 Å². The van der Waals surface area contributed by atoms with Gasteiger partial charge in [0.05, 0.1) is 0 Å². The Balaban J connectivity index is 2.32. The molecule has 0 atom stereocenters. The third-order valence-corrected chi connectivity index (χ3v) is 2.76. The van der Waals surface area contributed by atoms with Crippen molar-refractivity contribution in [2.45, 2.75) is 0 Å². The Bertz CT molecular complexity index is 562. The summed E-state index contributed by atoms with van der Waals surface area (Å²) >= 11 is 0. The number of ketones is 1. The molecule has 1 aromatic rings. The third kappa shape index (κ3) is 1.02. The summed E-state index contributed by atoms with van der Waals surface area (Å²) in [5, 5.41) is 0. The van der Waals surface area contributed by atoms with Crippen molar-refractivity contribution in [3.8, 4) is 0 Å². The van der Waals surface area contributed by atoms with Gasteiger partial charge in [-0.05, 0) is 29.4 Å². The molecular weight excluding hydrogens is 186 g/mol. The van der Waals surface area contributed by atoms with Gasteiger partial charge in [-0.1, -0.05) is 24.3 Å². The molecule has 1 aromatic carbocycles. The fourth-order valence-corrected chi connectivity index (χ4v) is 2.09. The molecule has 0 bridgehead atoms. The van der Waals surface area contributed by atoms with Gasteiger partial charge in [0.25, 0.3) is 0 Å². The van der Waals surface area contributed by atoms with Gasteiger partial charge in [0, 0.05) is 16.8 Å². The number of hydrogen-bond acceptors (Lipinski definition) is 2. The molecule has 0 unspecified atom stereocenters. The second kappa shape index (κ2) is 2.70. The van der Waals surface area contributed by atoms with E-state index < -0.39 is 0 Å². The molecule has 2 aliphatic rings. The fourth-order valence-electron chi connectivity index (χ4n) is 2.09. The predicted octanol–water partition coefficient (Wildman–Crippen LogP) is 2.19. The van der Waals surface area contributed by atoms with Crippen molar-refractivity contribution in [3.63, 3.8) is 0 Å². The van der Waals surface area contributed by atoms with Gasteiger partial charge in [0.2, 0.25) is 0 Å². The second-order valence-corrected chi connectivity index (χ2v) is 3.67. The largest absolute Gasteiger partial charge is 0.398 e. The zero-order chi connectivity index (χ0) is 10.4. The predicted molar refractivity (Wildman–Crippen MR) is 61.0 cm³/mol. The molecule has 72 valence electrons. The van der Waals surface area contributed by atoms with Crippen LogP contribution in [0.1, 0.15) is 11.1 Å². The maximum absolute atomic E-state index is 11.6. The molecule has 0 aromatic heterocycles. The number of carbonyl (C=O) groups excluding carboxylic acids is 1. The highest BCUT2D eigenvalue weighted by molar-refractivity contribution is 6.24. The highest BCUT2D eigenvalue weighted by Crippen LogP contribution is 2.40. The van der Waals surface area contributed by atoms with Crippen LogP contribution in [-0.2, 0) is 4.79 Å². The summed E-state index contributed by atoms with van der Waals surface area (Å²) in [6.45, 7) is 0. The minimum atomic E-state index is 0.0584. The van der Waals surface area contributed by atoms with Crippen molar-refractivity contribution in [2.24, 2.45) is 0 Å². The summed E-state index contributed by atoms with van der Waals surface area (Å²) in [4.78, 5) is 11.6. The molecular formula is C13H9NO. The van der Waals surface area contributed by atoms with E-state index in [1.54, 1.807) is 12.2 Å². The Hall–Kier alpha value is -2.09. The fraction of sp³-hybridized carbons (Fsp3) is 0. The maximum Gasteiger partial charge on any atom is 0.186 e. The van der Waals surface area contributed by atoms with E-state index in [1.165, 1.54) is 0 Å². The molecule has 2 nitrogen and oxygen atoms in total. The number of allylic oxidation sites excluding steroid dienone is 5. The van der Waals surface area contributed by atoms with Crippen molar-refractivity contribution in [1.29, 1.82) is 0 Å². The van der Waals surface area contributed by atoms with Gasteiger partial charge >= 0.3 is 0 Å². The smallest absolute Gasteiger partial charge is 0.186 e. The number of carbonyl (C=O) groups is 1. The van der Waals surface area contributed by atoms with E-state index in [4.69, 9.17) is 5.73 Å². The first-order valence-corrected chi connectivity index (χ1v) is 4.81. The first-order valence-electron chi connectivity index (χ1n) is 4.81. The van der Waals surface area contributed by atoms with Gasteiger partial charge in [-0.25, -0.2) is 0 Å². The summed E-state index contributed by atoms with van der Waals surface area (Å²) in [6, 6.07) is 5.74. The maximum atomic E-state index is 11.6. The molecule has 0 aliphatic heterocycles. The molecule has 15 heavy (non-hydrogen) atoms. The van der Waals surface area contributed by atoms with Gasteiger partial charge in [0.15, 0.2) is 5.78 Å². The van der Waals surface area contributed by atoms with E-state index in [9.17, 15) is 4.79 Å². The topological polar surface area (TPSA) is 43.1 Å². The summed E-state index contributed by atoms with van der Waals surface area (Å²) in [5.41, 5.74) is 10.4. The minimum Gasteiger partial charge on any atom is -0.398 e. The molecule has 0 heterocycles. The Morgan fingerprint density at radius 1 is 1.13 bits per heavy atom. The van der Waals surface area contributed by atoms with Crippen LogP contribution in [-0.4, -0.2) is 5.78 Å². The standard InChI is InChI=1S/C13H9NO/c14-11-5-1-3-8-7-10-9(13(8)11)4-2-6-12(10)15/h1-7H,14H2. The SMILES string of the molecule is Nc1cccc2c1C1=CC=CC(=O)C1=C2. The van der Waals surface area contributed by atoms with Crippen LogP contribution in [0, 0.1) is 0 Å². The number of rotatable bonds is 0. The number of nitrogens with two attached hydrogens (primary N) is 1. The van der Waals surface area contributed by atoms with Crippen LogP contribution in [0.25, 0.3) is 11.6 Å². The summed E-state index contributed by atoms with van der Waals surface area (Å²) in [6.07, 6.45) is 7.20. The van der Waals surface area contributed by atoms with Crippen LogP contribution >= 0.6 is 0 Å². The molecule has 2 N–H and O–H groups in total. The Kier molecular flexibility index (Phi) is 1.48. The number of fused-ring (bicyclic) bond motifs is 3. The number of benzene rings is 1. The minimum absolute atomic E-state index is 0.0584. The van der Waals surface area contributed by atoms with Crippen LogP contribution in [0.2, 0.25) is 0 Å². The van der Waals surface area contributed by atoms with Crippen molar-refractivity contribution in [3.05, 3.63) is 53.1 Å². The highest BCUT2D eigenvalue weighted by Gasteiger charge is 2.25. The highest BCUT2D eigenvalue weighted by atomic mass is 16.1. The molecule has 0 amide bonds. The zero-order valence-electron chi connectivity index (χ0n) is 8.03. The van der Waals surface area contributed by atoms with Crippen LogP contribution in [0.5, 0.6) is 0 Å². The van der Waals surface area contributed by atoms with Crippen LogP contribution in [0.3, 0.4) is 0 Å². The van der Waals surface area contributed by atoms with Crippen molar-refractivity contribution in [1.82, 2.24) is 0 Å². The lowest BCUT2D eigenvalue weighted by Gasteiger charge is -2.09. The van der Waals surface area contributed by atoms with E-state index in [-0.39, 0.29) is 5.78 Å². The first-order chi connectivity index (χ1) is 7.27. The monoisotopic (exact) mass is 195 g/mol. The van der Waals surface area contributed by atoms with Crippen molar-refractivity contribution in [2.75, 3.05) is 5.73 Å². The van der Waals surface area contributed by atoms with Gasteiger partial charge in [0.1, 0.15) is 0 Å². The molecule has 0 saturated carbocycles. The van der Waals surface area contributed by atoms with E-state index in [1.807, 2.05) is 30.4 Å². The molecule has 0 fully saturated rings. The summed E-state index contributed by atoms with van der Waals surface area (Å²) in [5.74, 6) is 0.0584. The Morgan fingerprint density at radius 3 is 2.87 bits per heavy atom. The normalized spacial score (nSPS) is 16.9.